The fourth-order valence-corrected chi connectivity index (χ4v) is 7.72. The smallest absolute Gasteiger partial charge is 0.224 e. The van der Waals surface area contributed by atoms with Gasteiger partial charge in [0.05, 0.1) is 24.9 Å². The van der Waals surface area contributed by atoms with Gasteiger partial charge in [-0.1, -0.05) is 12.8 Å². The minimum absolute atomic E-state index is 0.0722. The maximum absolute atomic E-state index is 13.6. The van der Waals surface area contributed by atoms with Crippen LogP contribution in [-0.2, 0) is 19.3 Å². The summed E-state index contributed by atoms with van der Waals surface area (Å²) in [4.78, 5) is 15.2. The highest BCUT2D eigenvalue weighted by Crippen LogP contribution is 2.48. The number of aromatic nitrogens is 3. The number of morpholine rings is 1. The standard InChI is InChI=1S/C18H23ClN4O3S2/c1-12-11-27-17(20-12)28(24,25)18(5-3-4-6-18)14-9-15(22-16(19)21-14)23-7-8-26-10-13(23)2/h9,11,13H,3-8,10H2,1-2H3/t13-/m0/s1. The number of aryl methyl sites for hydroxylation is 1. The Morgan fingerprint density at radius 3 is 2.68 bits per heavy atom. The molecule has 0 unspecified atom stereocenters. The molecule has 0 radical (unpaired) electrons. The molecule has 7 nitrogen and oxygen atoms in total. The van der Waals surface area contributed by atoms with Crippen LogP contribution in [0.15, 0.2) is 15.8 Å². The Kier molecular flexibility index (Phi) is 5.37. The average Bonchev–Trinajstić information content (AvgIpc) is 3.32. The van der Waals surface area contributed by atoms with Crippen molar-refractivity contribution in [3.05, 3.63) is 28.1 Å². The fraction of sp³-hybridized carbons (Fsp3) is 0.611. The highest BCUT2D eigenvalue weighted by Gasteiger charge is 2.51. The van der Waals surface area contributed by atoms with Crippen molar-refractivity contribution < 1.29 is 13.2 Å². The summed E-state index contributed by atoms with van der Waals surface area (Å²) in [7, 11) is -3.70. The van der Waals surface area contributed by atoms with Crippen molar-refractivity contribution in [1.82, 2.24) is 15.0 Å². The van der Waals surface area contributed by atoms with E-state index < -0.39 is 14.6 Å². The van der Waals surface area contributed by atoms with Gasteiger partial charge in [0.1, 0.15) is 10.6 Å². The average molecular weight is 443 g/mol. The topological polar surface area (TPSA) is 85.3 Å². The third-order valence-corrected chi connectivity index (χ3v) is 9.63. The van der Waals surface area contributed by atoms with Crippen LogP contribution in [0.5, 0.6) is 0 Å². The monoisotopic (exact) mass is 442 g/mol. The summed E-state index contributed by atoms with van der Waals surface area (Å²) < 4.78 is 31.8. The zero-order valence-corrected chi connectivity index (χ0v) is 18.3. The second-order valence-electron chi connectivity index (χ2n) is 7.46. The molecule has 1 saturated heterocycles. The van der Waals surface area contributed by atoms with E-state index in [4.69, 9.17) is 16.3 Å². The van der Waals surface area contributed by atoms with Crippen molar-refractivity contribution in [1.29, 1.82) is 0 Å². The van der Waals surface area contributed by atoms with Crippen LogP contribution in [0.3, 0.4) is 0 Å². The Balaban J connectivity index is 1.83. The van der Waals surface area contributed by atoms with Gasteiger partial charge in [0.25, 0.3) is 0 Å². The maximum Gasteiger partial charge on any atom is 0.224 e. The summed E-state index contributed by atoms with van der Waals surface area (Å²) in [5, 5.41) is 1.84. The van der Waals surface area contributed by atoms with Gasteiger partial charge in [0, 0.05) is 23.7 Å². The van der Waals surface area contributed by atoms with Gasteiger partial charge >= 0.3 is 0 Å². The summed E-state index contributed by atoms with van der Waals surface area (Å²) >= 11 is 7.44. The number of hydrogen-bond donors (Lipinski definition) is 0. The molecule has 3 heterocycles. The molecule has 4 rings (SSSR count). The molecule has 2 fully saturated rings. The Bertz CT molecular complexity index is 973. The van der Waals surface area contributed by atoms with Gasteiger partial charge < -0.3 is 9.64 Å². The second-order valence-corrected chi connectivity index (χ2v) is 11.1. The zero-order valence-electron chi connectivity index (χ0n) is 15.9. The van der Waals surface area contributed by atoms with Crippen LogP contribution in [0.1, 0.15) is 44.0 Å². The SMILES string of the molecule is Cc1csc(S(=O)(=O)C2(c3cc(N4CCOC[C@@H]4C)nc(Cl)n3)CCCC2)n1. The number of rotatable bonds is 4. The summed E-state index contributed by atoms with van der Waals surface area (Å²) in [6.45, 7) is 5.73. The number of ether oxygens (including phenoxy) is 1. The molecule has 0 aromatic carbocycles. The lowest BCUT2D eigenvalue weighted by molar-refractivity contribution is 0.0985. The normalized spacial score (nSPS) is 22.5. The number of hydrogen-bond acceptors (Lipinski definition) is 8. The zero-order chi connectivity index (χ0) is 19.9. The van der Waals surface area contributed by atoms with Gasteiger partial charge in [-0.25, -0.2) is 23.4 Å². The van der Waals surface area contributed by atoms with Crippen molar-refractivity contribution >= 4 is 38.6 Å². The molecule has 28 heavy (non-hydrogen) atoms. The van der Waals surface area contributed by atoms with E-state index in [0.29, 0.717) is 49.8 Å². The molecule has 0 spiro atoms. The minimum atomic E-state index is -3.70. The van der Waals surface area contributed by atoms with Gasteiger partial charge in [-0.2, -0.15) is 0 Å². The highest BCUT2D eigenvalue weighted by molar-refractivity contribution is 7.94. The van der Waals surface area contributed by atoms with Crippen molar-refractivity contribution in [2.45, 2.75) is 54.7 Å². The van der Waals surface area contributed by atoms with E-state index in [1.54, 1.807) is 18.4 Å². The van der Waals surface area contributed by atoms with E-state index in [2.05, 4.69) is 26.8 Å². The molecule has 0 N–H and O–H groups in total. The number of anilines is 1. The summed E-state index contributed by atoms with van der Waals surface area (Å²) in [6.07, 6.45) is 2.68. The van der Waals surface area contributed by atoms with Crippen LogP contribution in [0, 0.1) is 6.92 Å². The first-order valence-electron chi connectivity index (χ1n) is 9.40. The van der Waals surface area contributed by atoms with Crippen molar-refractivity contribution in [3.8, 4) is 0 Å². The molecule has 2 aromatic rings. The summed E-state index contributed by atoms with van der Waals surface area (Å²) in [5.74, 6) is 0.655. The van der Waals surface area contributed by atoms with Crippen LogP contribution < -0.4 is 4.90 Å². The Morgan fingerprint density at radius 2 is 2.04 bits per heavy atom. The molecular weight excluding hydrogens is 420 g/mol. The van der Waals surface area contributed by atoms with Crippen molar-refractivity contribution in [2.75, 3.05) is 24.7 Å². The van der Waals surface area contributed by atoms with Crippen molar-refractivity contribution in [3.63, 3.8) is 0 Å². The van der Waals surface area contributed by atoms with Gasteiger partial charge in [-0.15, -0.1) is 11.3 Å². The third kappa shape index (κ3) is 3.32. The van der Waals surface area contributed by atoms with E-state index in [1.807, 2.05) is 0 Å². The Labute approximate surface area is 174 Å². The van der Waals surface area contributed by atoms with Crippen molar-refractivity contribution in [2.24, 2.45) is 0 Å². The van der Waals surface area contributed by atoms with Gasteiger partial charge in [0.15, 0.2) is 0 Å². The molecule has 2 aromatic heterocycles. The lowest BCUT2D eigenvalue weighted by Gasteiger charge is -2.35. The van der Waals surface area contributed by atoms with E-state index in [9.17, 15) is 8.42 Å². The minimum Gasteiger partial charge on any atom is -0.377 e. The van der Waals surface area contributed by atoms with Crippen LogP contribution in [-0.4, -0.2) is 49.2 Å². The van der Waals surface area contributed by atoms with Crippen LogP contribution in [0.25, 0.3) is 0 Å². The predicted octanol–water partition coefficient (Wildman–Crippen LogP) is 3.36. The molecule has 10 heteroatoms. The molecule has 152 valence electrons. The summed E-state index contributed by atoms with van der Waals surface area (Å²) in [6, 6.07) is 1.93. The first kappa shape index (κ1) is 20.0. The second kappa shape index (κ2) is 7.51. The Morgan fingerprint density at radius 1 is 1.29 bits per heavy atom. The van der Waals surface area contributed by atoms with Crippen LogP contribution in [0.2, 0.25) is 5.28 Å². The van der Waals surface area contributed by atoms with Gasteiger partial charge in [-0.3, -0.25) is 0 Å². The molecular formula is C18H23ClN4O3S2. The number of halogens is 1. The first-order chi connectivity index (χ1) is 13.3. The molecule has 1 aliphatic heterocycles. The van der Waals surface area contributed by atoms with E-state index in [1.165, 1.54) is 11.3 Å². The predicted molar refractivity (Wildman–Crippen MR) is 109 cm³/mol. The number of sulfone groups is 1. The lowest BCUT2D eigenvalue weighted by Crippen LogP contribution is -2.44. The third-order valence-electron chi connectivity index (χ3n) is 5.57. The van der Waals surface area contributed by atoms with E-state index in [0.717, 1.165) is 12.8 Å². The van der Waals surface area contributed by atoms with E-state index >= 15 is 0 Å². The highest BCUT2D eigenvalue weighted by atomic mass is 35.5. The molecule has 1 saturated carbocycles. The summed E-state index contributed by atoms with van der Waals surface area (Å²) in [5.41, 5.74) is 1.19. The Hall–Kier alpha value is -1.29. The largest absolute Gasteiger partial charge is 0.377 e. The van der Waals surface area contributed by atoms with Gasteiger partial charge in [0.2, 0.25) is 19.5 Å². The fourth-order valence-electron chi connectivity index (χ4n) is 4.09. The lowest BCUT2D eigenvalue weighted by atomic mass is 10.0. The van der Waals surface area contributed by atoms with Crippen LogP contribution in [0.4, 0.5) is 5.82 Å². The molecule has 0 amide bonds. The quantitative estimate of drug-likeness (QED) is 0.671. The van der Waals surface area contributed by atoms with E-state index in [-0.39, 0.29) is 15.7 Å². The molecule has 2 aliphatic rings. The maximum atomic E-state index is 13.6. The van der Waals surface area contributed by atoms with Gasteiger partial charge in [-0.05, 0) is 38.3 Å². The molecule has 0 bridgehead atoms. The number of nitrogens with zero attached hydrogens (tertiary/aromatic N) is 4. The van der Waals surface area contributed by atoms with Crippen LogP contribution >= 0.6 is 22.9 Å². The number of thiazole rings is 1. The molecule has 1 aliphatic carbocycles. The molecule has 1 atom stereocenters. The first-order valence-corrected chi connectivity index (χ1v) is 12.1.